The minimum Gasteiger partial charge on any atom is -0.486 e. The number of hydrogen-bond acceptors (Lipinski definition) is 4. The smallest absolute Gasteiger partial charge is 0.270 e. The zero-order valence-corrected chi connectivity index (χ0v) is 23.5. The predicted molar refractivity (Wildman–Crippen MR) is 150 cm³/mol. The van der Waals surface area contributed by atoms with Crippen LogP contribution in [0.25, 0.3) is 6.08 Å². The second kappa shape index (κ2) is 10.9. The van der Waals surface area contributed by atoms with Gasteiger partial charge in [-0.1, -0.05) is 47.5 Å². The van der Waals surface area contributed by atoms with Crippen molar-refractivity contribution in [2.24, 2.45) is 0 Å². The van der Waals surface area contributed by atoms with E-state index in [4.69, 9.17) is 40.2 Å². The van der Waals surface area contributed by atoms with Crippen molar-refractivity contribution in [2.45, 2.75) is 6.61 Å². The summed E-state index contributed by atoms with van der Waals surface area (Å²) in [6.45, 7) is 0.0371. The van der Waals surface area contributed by atoms with Gasteiger partial charge in [0.15, 0.2) is 5.11 Å². The summed E-state index contributed by atoms with van der Waals surface area (Å²) in [5, 5.41) is 2.79. The molecular weight excluding hydrogens is 693 g/mol. The summed E-state index contributed by atoms with van der Waals surface area (Å²) in [6.07, 6.45) is 1.44. The first-order valence-electron chi connectivity index (χ1n) is 9.88. The third-order valence-corrected chi connectivity index (χ3v) is 7.42. The van der Waals surface area contributed by atoms with Crippen LogP contribution in [0.1, 0.15) is 11.1 Å². The minimum absolute atomic E-state index is 0.0371. The molecule has 3 aromatic carbocycles. The average Bonchev–Trinajstić information content (AvgIpc) is 2.80. The summed E-state index contributed by atoms with van der Waals surface area (Å²) in [6, 6.07) is 14.6. The Labute approximate surface area is 237 Å². The Morgan fingerprint density at radius 2 is 1.89 bits per heavy atom. The maximum Gasteiger partial charge on any atom is 0.270 e. The Kier molecular flexibility index (Phi) is 8.12. The summed E-state index contributed by atoms with van der Waals surface area (Å²) in [5.74, 6) is -1.14. The van der Waals surface area contributed by atoms with E-state index < -0.39 is 11.8 Å². The van der Waals surface area contributed by atoms with Crippen LogP contribution in [-0.2, 0) is 16.2 Å². The number of benzene rings is 3. The number of nitrogens with one attached hydrogen (secondary N) is 1. The van der Waals surface area contributed by atoms with Gasteiger partial charge in [-0.15, -0.1) is 0 Å². The van der Waals surface area contributed by atoms with E-state index in [1.807, 2.05) is 0 Å². The molecule has 1 heterocycles. The number of carbonyl (C=O) groups excluding carboxylic acids is 2. The molecular formula is C24H13BrCl2FIN2O3S. The largest absolute Gasteiger partial charge is 0.486 e. The SMILES string of the molecule is O=C1NC(=S)N(c2cccc(Cl)c2Cl)C(=O)/C1=C/c1cc(Br)c(OCc2ccccc2F)c(I)c1. The van der Waals surface area contributed by atoms with Gasteiger partial charge in [-0.25, -0.2) is 4.39 Å². The van der Waals surface area contributed by atoms with E-state index in [1.54, 1.807) is 48.5 Å². The lowest BCUT2D eigenvalue weighted by Gasteiger charge is -2.29. The monoisotopic (exact) mass is 704 g/mol. The Morgan fingerprint density at radius 3 is 2.60 bits per heavy atom. The highest BCUT2D eigenvalue weighted by Gasteiger charge is 2.35. The zero-order valence-electron chi connectivity index (χ0n) is 17.5. The Balaban J connectivity index is 1.64. The minimum atomic E-state index is -0.645. The van der Waals surface area contributed by atoms with Crippen molar-refractivity contribution in [2.75, 3.05) is 4.90 Å². The Bertz CT molecular complexity index is 1400. The van der Waals surface area contributed by atoms with Gasteiger partial charge in [-0.05, 0) is 92.7 Å². The highest BCUT2D eigenvalue weighted by atomic mass is 127. The fourth-order valence-electron chi connectivity index (χ4n) is 3.27. The lowest BCUT2D eigenvalue weighted by Crippen LogP contribution is -2.54. The molecule has 0 radical (unpaired) electrons. The molecule has 1 fully saturated rings. The molecule has 35 heavy (non-hydrogen) atoms. The number of amides is 2. The van der Waals surface area contributed by atoms with Crippen molar-refractivity contribution in [3.63, 3.8) is 0 Å². The summed E-state index contributed by atoms with van der Waals surface area (Å²) in [5.41, 5.74) is 1.09. The van der Waals surface area contributed by atoms with Crippen molar-refractivity contribution in [3.05, 3.63) is 95.2 Å². The molecule has 0 atom stereocenters. The van der Waals surface area contributed by atoms with E-state index >= 15 is 0 Å². The maximum absolute atomic E-state index is 13.9. The van der Waals surface area contributed by atoms with Crippen molar-refractivity contribution < 1.29 is 18.7 Å². The van der Waals surface area contributed by atoms with Gasteiger partial charge in [0.05, 0.1) is 23.8 Å². The van der Waals surface area contributed by atoms with Gasteiger partial charge in [0, 0.05) is 5.56 Å². The molecule has 0 aromatic heterocycles. The molecule has 0 unspecified atom stereocenters. The van der Waals surface area contributed by atoms with E-state index in [-0.39, 0.29) is 38.8 Å². The van der Waals surface area contributed by atoms with Gasteiger partial charge in [-0.2, -0.15) is 0 Å². The Hall–Kier alpha value is -2.05. The van der Waals surface area contributed by atoms with Crippen molar-refractivity contribution in [1.82, 2.24) is 5.32 Å². The van der Waals surface area contributed by atoms with E-state index in [1.165, 1.54) is 12.1 Å². The van der Waals surface area contributed by atoms with E-state index in [0.717, 1.165) is 4.90 Å². The first-order valence-corrected chi connectivity index (χ1v) is 12.9. The van der Waals surface area contributed by atoms with Gasteiger partial charge < -0.3 is 4.74 Å². The average molecular weight is 706 g/mol. The second-order valence-corrected chi connectivity index (χ2v) is 10.4. The molecule has 1 aliphatic heterocycles. The quantitative estimate of drug-likeness (QED) is 0.136. The van der Waals surface area contributed by atoms with Crippen LogP contribution >= 0.6 is 73.9 Å². The van der Waals surface area contributed by atoms with Crippen LogP contribution in [0.15, 0.2) is 64.6 Å². The van der Waals surface area contributed by atoms with Gasteiger partial charge >= 0.3 is 0 Å². The molecule has 1 aliphatic rings. The molecule has 178 valence electrons. The molecule has 3 aromatic rings. The first-order chi connectivity index (χ1) is 16.7. The van der Waals surface area contributed by atoms with Crippen molar-refractivity contribution >= 4 is 103 Å². The van der Waals surface area contributed by atoms with Crippen LogP contribution in [0.4, 0.5) is 10.1 Å². The van der Waals surface area contributed by atoms with Crippen LogP contribution in [0.3, 0.4) is 0 Å². The van der Waals surface area contributed by atoms with E-state index in [2.05, 4.69) is 43.8 Å². The molecule has 0 aliphatic carbocycles. The predicted octanol–water partition coefficient (Wildman–Crippen LogP) is 6.91. The standard InChI is InChI=1S/C24H13BrCl2FIN2O3S/c25-15-9-12(10-18(29)21(15)34-11-13-4-1-2-6-17(13)28)8-14-22(32)30-24(35)31(23(14)33)19-7-3-5-16(26)20(19)27/h1-10H,11H2,(H,30,32,35)/b14-8+. The molecule has 0 spiro atoms. The van der Waals surface area contributed by atoms with Crippen LogP contribution in [0, 0.1) is 9.39 Å². The van der Waals surface area contributed by atoms with Crippen LogP contribution in [-0.4, -0.2) is 16.9 Å². The maximum atomic E-state index is 13.9. The van der Waals surface area contributed by atoms with Crippen molar-refractivity contribution in [1.29, 1.82) is 0 Å². The number of nitrogens with zero attached hydrogens (tertiary/aromatic N) is 1. The van der Waals surface area contributed by atoms with Gasteiger partial charge in [0.1, 0.15) is 23.7 Å². The highest BCUT2D eigenvalue weighted by Crippen LogP contribution is 2.36. The van der Waals surface area contributed by atoms with Crippen LogP contribution in [0.5, 0.6) is 5.75 Å². The lowest BCUT2D eigenvalue weighted by atomic mass is 10.1. The molecule has 0 saturated carbocycles. The van der Waals surface area contributed by atoms with E-state index in [0.29, 0.717) is 24.9 Å². The molecule has 11 heteroatoms. The summed E-state index contributed by atoms with van der Waals surface area (Å²) >= 11 is 23.1. The van der Waals surface area contributed by atoms with Gasteiger partial charge in [0.2, 0.25) is 0 Å². The number of hydrogen-bond donors (Lipinski definition) is 1. The molecule has 4 rings (SSSR count). The molecule has 5 nitrogen and oxygen atoms in total. The normalized spacial score (nSPS) is 14.9. The highest BCUT2D eigenvalue weighted by molar-refractivity contribution is 14.1. The third-order valence-electron chi connectivity index (χ3n) is 4.94. The van der Waals surface area contributed by atoms with Gasteiger partial charge in [0.25, 0.3) is 11.8 Å². The number of thiocarbonyl (C=S) groups is 1. The second-order valence-electron chi connectivity index (χ2n) is 7.22. The fraction of sp³-hybridized carbons (Fsp3) is 0.0417. The molecule has 1 saturated heterocycles. The summed E-state index contributed by atoms with van der Waals surface area (Å²) in [7, 11) is 0. The molecule has 2 amide bonds. The number of halogens is 5. The Morgan fingerprint density at radius 1 is 1.14 bits per heavy atom. The molecule has 1 N–H and O–H groups in total. The topological polar surface area (TPSA) is 58.6 Å². The number of rotatable bonds is 5. The zero-order chi connectivity index (χ0) is 25.3. The van der Waals surface area contributed by atoms with E-state index in [9.17, 15) is 14.0 Å². The third kappa shape index (κ3) is 5.54. The number of ether oxygens (including phenoxy) is 1. The molecule has 0 bridgehead atoms. The number of anilines is 1. The van der Waals surface area contributed by atoms with Gasteiger partial charge in [-0.3, -0.25) is 19.8 Å². The lowest BCUT2D eigenvalue weighted by molar-refractivity contribution is -0.122. The van der Waals surface area contributed by atoms with Crippen LogP contribution in [0.2, 0.25) is 10.0 Å². The van der Waals surface area contributed by atoms with Crippen LogP contribution < -0.4 is 15.0 Å². The fourth-order valence-corrected chi connectivity index (χ4v) is 5.70. The number of carbonyl (C=O) groups is 2. The summed E-state index contributed by atoms with van der Waals surface area (Å²) < 4.78 is 21.0. The first kappa shape index (κ1) is 26.0. The summed E-state index contributed by atoms with van der Waals surface area (Å²) in [4.78, 5) is 27.0. The van der Waals surface area contributed by atoms with Crippen molar-refractivity contribution in [3.8, 4) is 5.75 Å².